The SMILES string of the molecule is N=C(N)c1ccc2c(ccn2Cc2cccc([N+](=O)[O-])c2)c1. The predicted octanol–water partition coefficient (Wildman–Crippen LogP) is 2.88. The molecule has 1 aromatic heterocycles. The highest BCUT2D eigenvalue weighted by atomic mass is 16.6. The van der Waals surface area contributed by atoms with Crippen molar-refractivity contribution >= 4 is 22.4 Å². The number of fused-ring (bicyclic) bond motifs is 1. The second-order valence-electron chi connectivity index (χ2n) is 5.06. The van der Waals surface area contributed by atoms with Crippen LogP contribution in [0.25, 0.3) is 10.9 Å². The first kappa shape index (κ1) is 13.8. The molecule has 1 heterocycles. The molecule has 22 heavy (non-hydrogen) atoms. The normalized spacial score (nSPS) is 10.7. The molecule has 3 N–H and O–H groups in total. The number of nitrogens with one attached hydrogen (secondary N) is 1. The van der Waals surface area contributed by atoms with Gasteiger partial charge in [-0.2, -0.15) is 0 Å². The van der Waals surface area contributed by atoms with Crippen LogP contribution in [0.1, 0.15) is 11.1 Å². The van der Waals surface area contributed by atoms with Crippen LogP contribution in [0, 0.1) is 15.5 Å². The number of nitrogens with two attached hydrogens (primary N) is 1. The van der Waals surface area contributed by atoms with Gasteiger partial charge in [0.25, 0.3) is 5.69 Å². The van der Waals surface area contributed by atoms with Gasteiger partial charge in [0, 0.05) is 41.3 Å². The molecule has 110 valence electrons. The van der Waals surface area contributed by atoms with Crippen molar-refractivity contribution in [3.63, 3.8) is 0 Å². The Labute approximate surface area is 126 Å². The van der Waals surface area contributed by atoms with Crippen molar-refractivity contribution in [3.8, 4) is 0 Å². The third kappa shape index (κ3) is 2.54. The van der Waals surface area contributed by atoms with Gasteiger partial charge >= 0.3 is 0 Å². The first-order valence-corrected chi connectivity index (χ1v) is 6.71. The van der Waals surface area contributed by atoms with Crippen LogP contribution < -0.4 is 5.73 Å². The van der Waals surface area contributed by atoms with Crippen molar-refractivity contribution in [1.82, 2.24) is 4.57 Å². The monoisotopic (exact) mass is 294 g/mol. The molecule has 3 rings (SSSR count). The van der Waals surface area contributed by atoms with Gasteiger partial charge in [-0.15, -0.1) is 0 Å². The molecule has 0 bridgehead atoms. The first-order chi connectivity index (χ1) is 10.5. The predicted molar refractivity (Wildman–Crippen MR) is 85.2 cm³/mol. The first-order valence-electron chi connectivity index (χ1n) is 6.71. The molecule has 0 saturated carbocycles. The fourth-order valence-electron chi connectivity index (χ4n) is 2.47. The van der Waals surface area contributed by atoms with Crippen LogP contribution in [0.15, 0.2) is 54.7 Å². The van der Waals surface area contributed by atoms with Crippen LogP contribution in [0.3, 0.4) is 0 Å². The average molecular weight is 294 g/mol. The van der Waals surface area contributed by atoms with Gasteiger partial charge in [0.1, 0.15) is 5.84 Å². The van der Waals surface area contributed by atoms with E-state index in [1.54, 1.807) is 18.2 Å². The third-order valence-corrected chi connectivity index (χ3v) is 3.56. The Hall–Kier alpha value is -3.15. The van der Waals surface area contributed by atoms with E-state index in [4.69, 9.17) is 11.1 Å². The molecule has 0 aliphatic carbocycles. The Morgan fingerprint density at radius 1 is 1.23 bits per heavy atom. The van der Waals surface area contributed by atoms with E-state index in [1.165, 1.54) is 6.07 Å². The number of aromatic nitrogens is 1. The van der Waals surface area contributed by atoms with Crippen LogP contribution in [-0.2, 0) is 6.54 Å². The lowest BCUT2D eigenvalue weighted by molar-refractivity contribution is -0.384. The maximum Gasteiger partial charge on any atom is 0.269 e. The Morgan fingerprint density at radius 3 is 2.77 bits per heavy atom. The van der Waals surface area contributed by atoms with Gasteiger partial charge in [-0.05, 0) is 29.8 Å². The fraction of sp³-hybridized carbons (Fsp3) is 0.0625. The number of nitro benzene ring substituents is 1. The second kappa shape index (κ2) is 5.33. The summed E-state index contributed by atoms with van der Waals surface area (Å²) in [7, 11) is 0. The molecule has 0 amide bonds. The van der Waals surface area contributed by atoms with Gasteiger partial charge in [0.2, 0.25) is 0 Å². The summed E-state index contributed by atoms with van der Waals surface area (Å²) in [6.45, 7) is 0.546. The topological polar surface area (TPSA) is 97.9 Å². The largest absolute Gasteiger partial charge is 0.384 e. The summed E-state index contributed by atoms with van der Waals surface area (Å²) in [5, 5.41) is 19.3. The number of nitro groups is 1. The minimum absolute atomic E-state index is 0.0355. The highest BCUT2D eigenvalue weighted by Gasteiger charge is 2.08. The Bertz CT molecular complexity index is 883. The molecule has 6 heteroatoms. The van der Waals surface area contributed by atoms with Crippen molar-refractivity contribution in [2.45, 2.75) is 6.54 Å². The maximum absolute atomic E-state index is 10.8. The lowest BCUT2D eigenvalue weighted by Crippen LogP contribution is -2.10. The highest BCUT2D eigenvalue weighted by Crippen LogP contribution is 2.20. The number of hydrogen-bond acceptors (Lipinski definition) is 3. The van der Waals surface area contributed by atoms with Gasteiger partial charge < -0.3 is 10.3 Å². The summed E-state index contributed by atoms with van der Waals surface area (Å²) in [4.78, 5) is 10.4. The molecule has 2 aromatic carbocycles. The van der Waals surface area contributed by atoms with Crippen molar-refractivity contribution < 1.29 is 4.92 Å². The molecule has 0 aliphatic heterocycles. The molecule has 0 saturated heterocycles. The van der Waals surface area contributed by atoms with Gasteiger partial charge in [-0.3, -0.25) is 15.5 Å². The van der Waals surface area contributed by atoms with Gasteiger partial charge in [0.05, 0.1) is 4.92 Å². The summed E-state index contributed by atoms with van der Waals surface area (Å²) in [6.07, 6.45) is 1.92. The minimum Gasteiger partial charge on any atom is -0.384 e. The number of non-ortho nitro benzene ring substituents is 1. The average Bonchev–Trinajstić information content (AvgIpc) is 2.90. The van der Waals surface area contributed by atoms with Gasteiger partial charge in [-0.25, -0.2) is 0 Å². The van der Waals surface area contributed by atoms with Crippen LogP contribution in [0.4, 0.5) is 5.69 Å². The van der Waals surface area contributed by atoms with Crippen LogP contribution in [-0.4, -0.2) is 15.3 Å². The molecule has 0 aliphatic rings. The van der Waals surface area contributed by atoms with E-state index in [-0.39, 0.29) is 11.5 Å². The number of rotatable bonds is 4. The van der Waals surface area contributed by atoms with E-state index in [0.717, 1.165) is 16.5 Å². The number of benzene rings is 2. The van der Waals surface area contributed by atoms with E-state index < -0.39 is 4.92 Å². The third-order valence-electron chi connectivity index (χ3n) is 3.56. The quantitative estimate of drug-likeness (QED) is 0.335. The molecule has 3 aromatic rings. The maximum atomic E-state index is 10.8. The molecular weight excluding hydrogens is 280 g/mol. The van der Waals surface area contributed by atoms with Crippen molar-refractivity contribution in [2.24, 2.45) is 5.73 Å². The van der Waals surface area contributed by atoms with Crippen molar-refractivity contribution in [1.29, 1.82) is 5.41 Å². The Kier molecular flexibility index (Phi) is 3.34. The number of nitrogen functional groups attached to an aromatic ring is 1. The minimum atomic E-state index is -0.392. The Morgan fingerprint density at radius 2 is 2.05 bits per heavy atom. The van der Waals surface area contributed by atoms with E-state index in [9.17, 15) is 10.1 Å². The summed E-state index contributed by atoms with van der Waals surface area (Å²) >= 11 is 0. The molecule has 0 radical (unpaired) electrons. The molecule has 0 atom stereocenters. The van der Waals surface area contributed by atoms with Gasteiger partial charge in [0.15, 0.2) is 0 Å². The highest BCUT2D eigenvalue weighted by molar-refractivity contribution is 5.98. The van der Waals surface area contributed by atoms with E-state index in [1.807, 2.05) is 35.0 Å². The molecule has 0 spiro atoms. The lowest BCUT2D eigenvalue weighted by Gasteiger charge is -2.06. The number of nitrogens with zero attached hydrogens (tertiary/aromatic N) is 2. The zero-order valence-electron chi connectivity index (χ0n) is 11.7. The molecular formula is C16H14N4O2. The summed E-state index contributed by atoms with van der Waals surface area (Å²) < 4.78 is 2.01. The fourth-order valence-corrected chi connectivity index (χ4v) is 2.47. The van der Waals surface area contributed by atoms with E-state index >= 15 is 0 Å². The summed E-state index contributed by atoms with van der Waals surface area (Å²) in [6, 6.07) is 14.1. The number of amidine groups is 1. The van der Waals surface area contributed by atoms with E-state index in [0.29, 0.717) is 12.1 Å². The van der Waals surface area contributed by atoms with E-state index in [2.05, 4.69) is 0 Å². The molecule has 0 unspecified atom stereocenters. The van der Waals surface area contributed by atoms with Gasteiger partial charge in [-0.1, -0.05) is 12.1 Å². The standard InChI is InChI=1S/C16H14N4O2/c17-16(18)13-4-5-15-12(9-13)6-7-19(15)10-11-2-1-3-14(8-11)20(21)22/h1-9H,10H2,(H3,17,18). The Balaban J connectivity index is 1.96. The second-order valence-corrected chi connectivity index (χ2v) is 5.06. The smallest absolute Gasteiger partial charge is 0.269 e. The van der Waals surface area contributed by atoms with Crippen LogP contribution in [0.2, 0.25) is 0 Å². The zero-order valence-corrected chi connectivity index (χ0v) is 11.7. The van der Waals surface area contributed by atoms with Crippen LogP contribution >= 0.6 is 0 Å². The summed E-state index contributed by atoms with van der Waals surface area (Å²) in [5.74, 6) is 0.0355. The van der Waals surface area contributed by atoms with Crippen molar-refractivity contribution in [2.75, 3.05) is 0 Å². The number of hydrogen-bond donors (Lipinski definition) is 2. The van der Waals surface area contributed by atoms with Crippen molar-refractivity contribution in [3.05, 3.63) is 76.0 Å². The zero-order chi connectivity index (χ0) is 15.7. The lowest BCUT2D eigenvalue weighted by atomic mass is 10.1. The molecule has 6 nitrogen and oxygen atoms in total. The summed E-state index contributed by atoms with van der Waals surface area (Å²) in [5.41, 5.74) is 8.12. The van der Waals surface area contributed by atoms with Crippen LogP contribution in [0.5, 0.6) is 0 Å². The molecule has 0 fully saturated rings.